The summed E-state index contributed by atoms with van der Waals surface area (Å²) in [4.78, 5) is 17.7. The molecule has 0 heterocycles. The number of nitrogens with zero attached hydrogens (tertiary/aromatic N) is 1. The van der Waals surface area contributed by atoms with E-state index < -0.39 is 5.97 Å². The van der Waals surface area contributed by atoms with E-state index in [1.54, 1.807) is 6.21 Å². The molecule has 0 spiro atoms. The molecule has 2 aromatic carbocycles. The molecule has 0 unspecified atom stereocenters. The molecule has 1 aliphatic rings. The van der Waals surface area contributed by atoms with Gasteiger partial charge in [-0.05, 0) is 73.1 Å². The first-order valence-corrected chi connectivity index (χ1v) is 10.4. The van der Waals surface area contributed by atoms with Gasteiger partial charge in [0.2, 0.25) is 0 Å². The summed E-state index contributed by atoms with van der Waals surface area (Å²) in [5.74, 6) is 0.299. The summed E-state index contributed by atoms with van der Waals surface area (Å²) < 4.78 is 16.0. The topological polar surface area (TPSA) is 66.4 Å². The molecule has 0 N–H and O–H groups in total. The standard InChI is InChI=1S/C25H29NO5/c1-18-14-19(15-26-31-21-9-5-6-10-21)12-13-24(18)30-16-20-8-4-7-11-22(20)23(17-28-2)25(27)29-3/h4,7-8,11-15,17,21H,5-6,9-10,16H2,1-3H3/b23-17-,26-15+. The summed E-state index contributed by atoms with van der Waals surface area (Å²) >= 11 is 0. The van der Waals surface area contributed by atoms with E-state index in [0.717, 1.165) is 35.3 Å². The average molecular weight is 424 g/mol. The van der Waals surface area contributed by atoms with E-state index in [9.17, 15) is 4.79 Å². The van der Waals surface area contributed by atoms with Crippen molar-refractivity contribution in [3.63, 3.8) is 0 Å². The fourth-order valence-corrected chi connectivity index (χ4v) is 3.60. The first-order chi connectivity index (χ1) is 15.1. The highest BCUT2D eigenvalue weighted by Crippen LogP contribution is 2.25. The van der Waals surface area contributed by atoms with Crippen LogP contribution in [0.3, 0.4) is 0 Å². The molecule has 6 heteroatoms. The lowest BCUT2D eigenvalue weighted by Crippen LogP contribution is -2.08. The monoisotopic (exact) mass is 423 g/mol. The van der Waals surface area contributed by atoms with E-state index in [4.69, 9.17) is 19.0 Å². The van der Waals surface area contributed by atoms with Gasteiger partial charge in [-0.25, -0.2) is 4.79 Å². The van der Waals surface area contributed by atoms with Crippen molar-refractivity contribution >= 4 is 17.8 Å². The number of methoxy groups -OCH3 is 2. The van der Waals surface area contributed by atoms with Crippen LogP contribution in [0.5, 0.6) is 5.75 Å². The zero-order valence-corrected chi connectivity index (χ0v) is 18.3. The largest absolute Gasteiger partial charge is 0.503 e. The predicted molar refractivity (Wildman–Crippen MR) is 120 cm³/mol. The number of esters is 1. The minimum atomic E-state index is -0.464. The van der Waals surface area contributed by atoms with Gasteiger partial charge in [0.05, 0.1) is 26.7 Å². The molecular weight excluding hydrogens is 394 g/mol. The van der Waals surface area contributed by atoms with Crippen molar-refractivity contribution in [1.82, 2.24) is 0 Å². The smallest absolute Gasteiger partial charge is 0.341 e. The number of benzene rings is 2. The van der Waals surface area contributed by atoms with E-state index in [0.29, 0.717) is 17.7 Å². The zero-order valence-electron chi connectivity index (χ0n) is 18.3. The molecule has 0 aromatic heterocycles. The van der Waals surface area contributed by atoms with Crippen LogP contribution in [0.25, 0.3) is 5.57 Å². The fraction of sp³-hybridized carbons (Fsp3) is 0.360. The maximum atomic E-state index is 12.2. The highest BCUT2D eigenvalue weighted by molar-refractivity contribution is 6.16. The molecule has 0 bridgehead atoms. The van der Waals surface area contributed by atoms with E-state index in [-0.39, 0.29) is 6.10 Å². The minimum absolute atomic E-state index is 0.252. The van der Waals surface area contributed by atoms with Gasteiger partial charge in [0.1, 0.15) is 24.0 Å². The summed E-state index contributed by atoms with van der Waals surface area (Å²) in [6.45, 7) is 2.29. The summed E-state index contributed by atoms with van der Waals surface area (Å²) in [5, 5.41) is 4.13. The van der Waals surface area contributed by atoms with Crippen LogP contribution in [0, 0.1) is 6.92 Å². The molecule has 1 saturated carbocycles. The van der Waals surface area contributed by atoms with Crippen molar-refractivity contribution in [2.24, 2.45) is 5.16 Å². The van der Waals surface area contributed by atoms with E-state index in [1.165, 1.54) is 33.3 Å². The lowest BCUT2D eigenvalue weighted by Gasteiger charge is -2.14. The predicted octanol–water partition coefficient (Wildman–Crippen LogP) is 5.03. The average Bonchev–Trinajstić information content (AvgIpc) is 3.30. The first-order valence-electron chi connectivity index (χ1n) is 10.4. The molecule has 1 fully saturated rings. The van der Waals surface area contributed by atoms with E-state index in [1.807, 2.05) is 49.4 Å². The number of rotatable bonds is 9. The van der Waals surface area contributed by atoms with Crippen molar-refractivity contribution in [3.8, 4) is 5.75 Å². The normalized spacial score (nSPS) is 14.6. The molecule has 6 nitrogen and oxygen atoms in total. The van der Waals surface area contributed by atoms with Crippen molar-refractivity contribution in [3.05, 3.63) is 71.0 Å². The molecule has 31 heavy (non-hydrogen) atoms. The lowest BCUT2D eigenvalue weighted by molar-refractivity contribution is -0.133. The van der Waals surface area contributed by atoms with Gasteiger partial charge in [-0.1, -0.05) is 29.4 Å². The Bertz CT molecular complexity index is 945. The second-order valence-corrected chi connectivity index (χ2v) is 7.48. The summed E-state index contributed by atoms with van der Waals surface area (Å²) in [5.41, 5.74) is 3.85. The van der Waals surface area contributed by atoms with Gasteiger partial charge in [0.15, 0.2) is 0 Å². The quantitative estimate of drug-likeness (QED) is 0.186. The van der Waals surface area contributed by atoms with Crippen LogP contribution in [0.15, 0.2) is 53.9 Å². The van der Waals surface area contributed by atoms with Gasteiger partial charge in [0.25, 0.3) is 0 Å². The molecule has 0 atom stereocenters. The van der Waals surface area contributed by atoms with Crippen LogP contribution < -0.4 is 4.74 Å². The van der Waals surface area contributed by atoms with Gasteiger partial charge < -0.3 is 19.0 Å². The van der Waals surface area contributed by atoms with Gasteiger partial charge in [-0.15, -0.1) is 0 Å². The number of carbonyl (C=O) groups excluding carboxylic acids is 1. The van der Waals surface area contributed by atoms with Crippen LogP contribution in [0.4, 0.5) is 0 Å². The number of hydrogen-bond donors (Lipinski definition) is 0. The Morgan fingerprint density at radius 3 is 2.61 bits per heavy atom. The molecular formula is C25H29NO5. The van der Waals surface area contributed by atoms with Crippen molar-refractivity contribution in [2.45, 2.75) is 45.3 Å². The van der Waals surface area contributed by atoms with Gasteiger partial charge >= 0.3 is 5.97 Å². The third-order valence-corrected chi connectivity index (χ3v) is 5.24. The molecule has 164 valence electrons. The number of aryl methyl sites for hydroxylation is 1. The molecule has 0 amide bonds. The first kappa shape index (κ1) is 22.4. The maximum absolute atomic E-state index is 12.2. The van der Waals surface area contributed by atoms with Crippen LogP contribution in [0.2, 0.25) is 0 Å². The highest BCUT2D eigenvalue weighted by Gasteiger charge is 2.17. The molecule has 1 aliphatic carbocycles. The van der Waals surface area contributed by atoms with Gasteiger partial charge in [-0.2, -0.15) is 0 Å². The van der Waals surface area contributed by atoms with Crippen LogP contribution in [-0.2, 0) is 25.7 Å². The molecule has 3 rings (SSSR count). The Morgan fingerprint density at radius 2 is 1.90 bits per heavy atom. The Morgan fingerprint density at radius 1 is 1.13 bits per heavy atom. The second kappa shape index (κ2) is 11.2. The Hall–Kier alpha value is -3.28. The van der Waals surface area contributed by atoms with E-state index >= 15 is 0 Å². The van der Waals surface area contributed by atoms with Gasteiger partial charge in [0, 0.05) is 0 Å². The molecule has 0 aliphatic heterocycles. The van der Waals surface area contributed by atoms with Crippen LogP contribution in [0.1, 0.15) is 47.9 Å². The maximum Gasteiger partial charge on any atom is 0.341 e. The number of oxime groups is 1. The highest BCUT2D eigenvalue weighted by atomic mass is 16.6. The Labute approximate surface area is 183 Å². The minimum Gasteiger partial charge on any atom is -0.503 e. The van der Waals surface area contributed by atoms with E-state index in [2.05, 4.69) is 5.16 Å². The lowest BCUT2D eigenvalue weighted by atomic mass is 10.0. The third-order valence-electron chi connectivity index (χ3n) is 5.24. The molecule has 0 radical (unpaired) electrons. The van der Waals surface area contributed by atoms with Crippen molar-refractivity contribution in [2.75, 3.05) is 14.2 Å². The Kier molecular flexibility index (Phi) is 8.10. The summed E-state index contributed by atoms with van der Waals surface area (Å²) in [6.07, 6.45) is 7.99. The number of ether oxygens (including phenoxy) is 3. The molecule has 2 aromatic rings. The third kappa shape index (κ3) is 6.10. The van der Waals surface area contributed by atoms with Crippen molar-refractivity contribution in [1.29, 1.82) is 0 Å². The molecule has 0 saturated heterocycles. The van der Waals surface area contributed by atoms with Gasteiger partial charge in [-0.3, -0.25) is 0 Å². The van der Waals surface area contributed by atoms with Crippen LogP contribution in [-0.4, -0.2) is 32.5 Å². The second-order valence-electron chi connectivity index (χ2n) is 7.48. The number of carbonyl (C=O) groups is 1. The Balaban J connectivity index is 1.68. The SMILES string of the molecule is CO/C=C(\C(=O)OC)c1ccccc1COc1ccc(/C=N/OC2CCCC2)cc1C. The van der Waals surface area contributed by atoms with Crippen molar-refractivity contribution < 1.29 is 23.8 Å². The number of hydrogen-bond acceptors (Lipinski definition) is 6. The fourth-order valence-electron chi connectivity index (χ4n) is 3.60. The summed E-state index contributed by atoms with van der Waals surface area (Å²) in [6, 6.07) is 13.4. The summed E-state index contributed by atoms with van der Waals surface area (Å²) in [7, 11) is 2.84. The zero-order chi connectivity index (χ0) is 22.1. The van der Waals surface area contributed by atoms with Crippen LogP contribution >= 0.6 is 0 Å².